The lowest BCUT2D eigenvalue weighted by molar-refractivity contribution is -0.133. The lowest BCUT2D eigenvalue weighted by atomic mass is 9.90. The molecule has 25 heavy (non-hydrogen) atoms. The number of likely N-dealkylation sites (tertiary alicyclic amines) is 1. The minimum atomic E-state index is -0.312. The minimum Gasteiger partial charge on any atom is -0.467 e. The number of rotatable bonds is 5. The van der Waals surface area contributed by atoms with Gasteiger partial charge in [-0.15, -0.1) is 0 Å². The molecular weight excluding hydrogens is 320 g/mol. The summed E-state index contributed by atoms with van der Waals surface area (Å²) in [6.07, 6.45) is 5.83. The number of piperidine rings is 1. The summed E-state index contributed by atoms with van der Waals surface area (Å²) in [5, 5.41) is 2.93. The van der Waals surface area contributed by atoms with Crippen LogP contribution in [0.3, 0.4) is 0 Å². The number of hydrogen-bond donors (Lipinski definition) is 1. The highest BCUT2D eigenvalue weighted by Crippen LogP contribution is 2.34. The molecule has 0 unspecified atom stereocenters. The molecule has 3 aliphatic heterocycles. The molecule has 138 valence electrons. The Morgan fingerprint density at radius 1 is 1.28 bits per heavy atom. The molecule has 3 saturated heterocycles. The molecule has 3 fully saturated rings. The fourth-order valence-corrected chi connectivity index (χ4v) is 4.32. The Hall–Kier alpha value is -1.37. The Balaban J connectivity index is 1.24. The minimum absolute atomic E-state index is 0.0122. The molecular formula is C19H28N2O4. The summed E-state index contributed by atoms with van der Waals surface area (Å²) >= 11 is 0. The van der Waals surface area contributed by atoms with E-state index in [0.717, 1.165) is 57.4 Å². The summed E-state index contributed by atoms with van der Waals surface area (Å²) in [6, 6.07) is 3.69. The zero-order chi connectivity index (χ0) is 17.1. The molecule has 0 spiro atoms. The molecule has 0 radical (unpaired) electrons. The van der Waals surface area contributed by atoms with Gasteiger partial charge in [0.05, 0.1) is 18.9 Å². The zero-order valence-electron chi connectivity index (χ0n) is 14.7. The smallest absolute Gasteiger partial charge is 0.249 e. The summed E-state index contributed by atoms with van der Waals surface area (Å²) in [6.45, 7) is 5.47. The maximum absolute atomic E-state index is 12.4. The number of nitrogens with one attached hydrogen (secondary N) is 1. The Bertz CT molecular complexity index is 556. The van der Waals surface area contributed by atoms with Crippen LogP contribution in [0.2, 0.25) is 0 Å². The standard InChI is InChI=1S/C19H28N2O4/c22-19(20-11-16-2-1-7-24-16)17-10-15-3-6-21(13-18(15)25-17)12-14-4-8-23-9-5-14/h1-2,7,14-15,17-18H,3-6,8-13H2,(H,20,22)/t15-,17+,18-/m0/s1. The molecule has 1 aromatic heterocycles. The predicted molar refractivity (Wildman–Crippen MR) is 91.9 cm³/mol. The summed E-state index contributed by atoms with van der Waals surface area (Å²) in [5.74, 6) is 2.03. The summed E-state index contributed by atoms with van der Waals surface area (Å²) in [4.78, 5) is 14.9. The van der Waals surface area contributed by atoms with Crippen LogP contribution in [0.5, 0.6) is 0 Å². The van der Waals surface area contributed by atoms with Gasteiger partial charge in [0.25, 0.3) is 0 Å². The van der Waals surface area contributed by atoms with Crippen molar-refractivity contribution in [2.45, 2.75) is 44.4 Å². The molecule has 1 aromatic rings. The van der Waals surface area contributed by atoms with Gasteiger partial charge in [-0.05, 0) is 56.2 Å². The van der Waals surface area contributed by atoms with E-state index >= 15 is 0 Å². The van der Waals surface area contributed by atoms with E-state index in [2.05, 4.69) is 10.2 Å². The van der Waals surface area contributed by atoms with Gasteiger partial charge in [0.1, 0.15) is 11.9 Å². The van der Waals surface area contributed by atoms with Gasteiger partial charge in [0, 0.05) is 26.3 Å². The fraction of sp³-hybridized carbons (Fsp3) is 0.737. The van der Waals surface area contributed by atoms with Gasteiger partial charge < -0.3 is 24.1 Å². The Morgan fingerprint density at radius 3 is 2.96 bits per heavy atom. The lowest BCUT2D eigenvalue weighted by Gasteiger charge is -2.36. The fourth-order valence-electron chi connectivity index (χ4n) is 4.32. The van der Waals surface area contributed by atoms with Crippen molar-refractivity contribution in [1.29, 1.82) is 0 Å². The number of hydrogen-bond acceptors (Lipinski definition) is 5. The van der Waals surface area contributed by atoms with Crippen LogP contribution in [0.4, 0.5) is 0 Å². The van der Waals surface area contributed by atoms with Gasteiger partial charge in [-0.2, -0.15) is 0 Å². The van der Waals surface area contributed by atoms with Crippen molar-refractivity contribution in [3.8, 4) is 0 Å². The van der Waals surface area contributed by atoms with E-state index in [1.807, 2.05) is 12.1 Å². The van der Waals surface area contributed by atoms with Crippen molar-refractivity contribution in [2.75, 3.05) is 32.8 Å². The van der Waals surface area contributed by atoms with E-state index in [1.54, 1.807) is 6.26 Å². The highest BCUT2D eigenvalue weighted by molar-refractivity contribution is 5.81. The molecule has 4 heterocycles. The number of amides is 1. The molecule has 6 nitrogen and oxygen atoms in total. The second kappa shape index (κ2) is 7.89. The van der Waals surface area contributed by atoms with Gasteiger partial charge in [-0.1, -0.05) is 0 Å². The first kappa shape index (κ1) is 17.1. The van der Waals surface area contributed by atoms with E-state index in [9.17, 15) is 4.79 Å². The second-order valence-corrected chi connectivity index (χ2v) is 7.56. The molecule has 0 bridgehead atoms. The first-order chi connectivity index (χ1) is 12.3. The van der Waals surface area contributed by atoms with E-state index in [-0.39, 0.29) is 18.1 Å². The third-order valence-electron chi connectivity index (χ3n) is 5.80. The average molecular weight is 348 g/mol. The van der Waals surface area contributed by atoms with Gasteiger partial charge in [-0.3, -0.25) is 4.79 Å². The molecule has 6 heteroatoms. The first-order valence-corrected chi connectivity index (χ1v) is 9.53. The van der Waals surface area contributed by atoms with Crippen molar-refractivity contribution in [3.05, 3.63) is 24.2 Å². The summed E-state index contributed by atoms with van der Waals surface area (Å²) in [7, 11) is 0. The maximum Gasteiger partial charge on any atom is 0.249 e. The lowest BCUT2D eigenvalue weighted by Crippen LogP contribution is -2.45. The highest BCUT2D eigenvalue weighted by Gasteiger charge is 2.42. The van der Waals surface area contributed by atoms with Gasteiger partial charge in [-0.25, -0.2) is 0 Å². The van der Waals surface area contributed by atoms with Crippen LogP contribution in [-0.2, 0) is 20.8 Å². The van der Waals surface area contributed by atoms with E-state index in [0.29, 0.717) is 12.5 Å². The quantitative estimate of drug-likeness (QED) is 0.879. The number of carbonyl (C=O) groups is 1. The zero-order valence-corrected chi connectivity index (χ0v) is 14.7. The SMILES string of the molecule is O=C(NCc1ccco1)[C@H]1C[C@@H]2CCN(CC3CCOCC3)C[C@@H]2O1. The van der Waals surface area contributed by atoms with Crippen LogP contribution in [0.1, 0.15) is 31.4 Å². The monoisotopic (exact) mass is 348 g/mol. The van der Waals surface area contributed by atoms with Crippen LogP contribution < -0.4 is 5.32 Å². The molecule has 0 aliphatic carbocycles. The van der Waals surface area contributed by atoms with Crippen molar-refractivity contribution in [3.63, 3.8) is 0 Å². The summed E-state index contributed by atoms with van der Waals surface area (Å²) < 4.78 is 16.8. The van der Waals surface area contributed by atoms with Gasteiger partial charge in [0.2, 0.25) is 5.91 Å². The predicted octanol–water partition coefficient (Wildman–Crippen LogP) is 1.80. The van der Waals surface area contributed by atoms with E-state index < -0.39 is 0 Å². The summed E-state index contributed by atoms with van der Waals surface area (Å²) in [5.41, 5.74) is 0. The van der Waals surface area contributed by atoms with E-state index in [1.165, 1.54) is 12.8 Å². The van der Waals surface area contributed by atoms with Crippen molar-refractivity contribution in [2.24, 2.45) is 11.8 Å². The number of carbonyl (C=O) groups excluding carboxylic acids is 1. The van der Waals surface area contributed by atoms with Crippen LogP contribution in [0, 0.1) is 11.8 Å². The molecule has 0 aromatic carbocycles. The number of ether oxygens (including phenoxy) is 2. The molecule has 1 N–H and O–H groups in total. The Labute approximate surface area is 148 Å². The second-order valence-electron chi connectivity index (χ2n) is 7.56. The third-order valence-corrected chi connectivity index (χ3v) is 5.80. The number of nitrogens with zero attached hydrogens (tertiary/aromatic N) is 1. The molecule has 3 atom stereocenters. The van der Waals surface area contributed by atoms with Crippen LogP contribution in [-0.4, -0.2) is 55.9 Å². The van der Waals surface area contributed by atoms with E-state index in [4.69, 9.17) is 13.9 Å². The van der Waals surface area contributed by atoms with Gasteiger partial charge >= 0.3 is 0 Å². The Morgan fingerprint density at radius 2 is 2.16 bits per heavy atom. The maximum atomic E-state index is 12.4. The normalized spacial score (nSPS) is 31.0. The molecule has 1 amide bonds. The number of furan rings is 1. The third kappa shape index (κ3) is 4.25. The first-order valence-electron chi connectivity index (χ1n) is 9.53. The topological polar surface area (TPSA) is 63.9 Å². The van der Waals surface area contributed by atoms with Crippen molar-refractivity contribution < 1.29 is 18.7 Å². The highest BCUT2D eigenvalue weighted by atomic mass is 16.5. The largest absolute Gasteiger partial charge is 0.467 e. The van der Waals surface area contributed by atoms with Gasteiger partial charge in [0.15, 0.2) is 0 Å². The molecule has 0 saturated carbocycles. The van der Waals surface area contributed by atoms with Crippen LogP contribution in [0.25, 0.3) is 0 Å². The van der Waals surface area contributed by atoms with Crippen molar-refractivity contribution >= 4 is 5.91 Å². The van der Waals surface area contributed by atoms with Crippen molar-refractivity contribution in [1.82, 2.24) is 10.2 Å². The van der Waals surface area contributed by atoms with Crippen LogP contribution in [0.15, 0.2) is 22.8 Å². The Kier molecular flexibility index (Phi) is 5.39. The van der Waals surface area contributed by atoms with Crippen LogP contribution >= 0.6 is 0 Å². The molecule has 4 rings (SSSR count). The number of fused-ring (bicyclic) bond motifs is 1. The molecule has 3 aliphatic rings. The average Bonchev–Trinajstić information content (AvgIpc) is 3.30.